The fraction of sp³-hybridized carbons (Fsp3) is 0.579. The molecule has 0 radical (unpaired) electrons. The first-order valence-electron chi connectivity index (χ1n) is 8.68. The highest BCUT2D eigenvalue weighted by molar-refractivity contribution is 5.80. The van der Waals surface area contributed by atoms with E-state index in [1.807, 2.05) is 42.3 Å². The number of nitriles is 1. The second-order valence-corrected chi connectivity index (χ2v) is 7.11. The zero-order chi connectivity index (χ0) is 17.2. The number of carbonyl (C=O) groups excluding carboxylic acids is 1. The number of carbonyl (C=O) groups is 1. The van der Waals surface area contributed by atoms with Gasteiger partial charge in [-0.05, 0) is 31.9 Å². The van der Waals surface area contributed by atoms with Crippen LogP contribution in [0.4, 0.5) is 0 Å². The van der Waals surface area contributed by atoms with E-state index in [1.165, 1.54) is 0 Å². The smallest absolute Gasteiger partial charge is 0.229 e. The average molecular weight is 327 g/mol. The van der Waals surface area contributed by atoms with Crippen molar-refractivity contribution in [3.8, 4) is 6.07 Å². The Morgan fingerprint density at radius 2 is 1.92 bits per heavy atom. The third-order valence-electron chi connectivity index (χ3n) is 5.57. The van der Waals surface area contributed by atoms with Crippen LogP contribution in [-0.4, -0.2) is 60.1 Å². The minimum Gasteiger partial charge on any atom is -0.392 e. The molecule has 24 heavy (non-hydrogen) atoms. The number of benzene rings is 1. The largest absolute Gasteiger partial charge is 0.392 e. The van der Waals surface area contributed by atoms with E-state index in [0.717, 1.165) is 12.1 Å². The van der Waals surface area contributed by atoms with Crippen LogP contribution in [0.25, 0.3) is 0 Å². The molecule has 128 valence electrons. The predicted octanol–water partition coefficient (Wildman–Crippen LogP) is 1.38. The lowest BCUT2D eigenvalue weighted by molar-refractivity contribution is -0.143. The molecule has 5 heteroatoms. The third kappa shape index (κ3) is 3.17. The van der Waals surface area contributed by atoms with Crippen LogP contribution < -0.4 is 0 Å². The summed E-state index contributed by atoms with van der Waals surface area (Å²) in [5.41, 5.74) is 0.539. The summed E-state index contributed by atoms with van der Waals surface area (Å²) in [6.45, 7) is 2.59. The van der Waals surface area contributed by atoms with Gasteiger partial charge < -0.3 is 14.9 Å². The van der Waals surface area contributed by atoms with Gasteiger partial charge >= 0.3 is 0 Å². The zero-order valence-corrected chi connectivity index (χ0v) is 14.2. The van der Waals surface area contributed by atoms with Gasteiger partial charge in [-0.2, -0.15) is 5.26 Å². The van der Waals surface area contributed by atoms with Gasteiger partial charge in [0.1, 0.15) is 0 Å². The Labute approximate surface area is 143 Å². The maximum atomic E-state index is 12.8. The van der Waals surface area contributed by atoms with E-state index in [-0.39, 0.29) is 11.8 Å². The first-order valence-corrected chi connectivity index (χ1v) is 8.68. The van der Waals surface area contributed by atoms with Crippen molar-refractivity contribution in [2.45, 2.75) is 30.8 Å². The van der Waals surface area contributed by atoms with E-state index in [9.17, 15) is 15.2 Å². The Balaban J connectivity index is 1.68. The monoisotopic (exact) mass is 327 g/mol. The van der Waals surface area contributed by atoms with Gasteiger partial charge in [-0.25, -0.2) is 0 Å². The van der Waals surface area contributed by atoms with Crippen LogP contribution in [0.2, 0.25) is 0 Å². The van der Waals surface area contributed by atoms with Crippen molar-refractivity contribution in [1.82, 2.24) is 9.80 Å². The molecule has 0 unspecified atom stereocenters. The van der Waals surface area contributed by atoms with Crippen molar-refractivity contribution in [3.63, 3.8) is 0 Å². The van der Waals surface area contributed by atoms with Crippen LogP contribution in [0.3, 0.4) is 0 Å². The molecule has 0 aliphatic carbocycles. The van der Waals surface area contributed by atoms with Crippen molar-refractivity contribution in [2.75, 3.05) is 33.2 Å². The Morgan fingerprint density at radius 3 is 2.54 bits per heavy atom. The summed E-state index contributed by atoms with van der Waals surface area (Å²) in [4.78, 5) is 16.7. The second kappa shape index (κ2) is 6.92. The molecule has 2 aliphatic heterocycles. The number of piperidine rings is 2. The molecule has 3 rings (SSSR count). The quantitative estimate of drug-likeness (QED) is 0.891. The van der Waals surface area contributed by atoms with Crippen LogP contribution in [0.1, 0.15) is 24.8 Å². The molecule has 2 aliphatic rings. The highest BCUT2D eigenvalue weighted by Crippen LogP contribution is 2.35. The summed E-state index contributed by atoms with van der Waals surface area (Å²) in [5, 5.41) is 19.9. The first kappa shape index (κ1) is 16.9. The summed E-state index contributed by atoms with van der Waals surface area (Å²) in [6, 6.07) is 12.4. The van der Waals surface area contributed by atoms with E-state index >= 15 is 0 Å². The Morgan fingerprint density at radius 1 is 1.25 bits per heavy atom. The molecular formula is C19H25N3O2. The number of aliphatic hydroxyl groups excluding tert-OH is 1. The number of nitrogens with zero attached hydrogens (tertiary/aromatic N) is 3. The summed E-state index contributed by atoms with van der Waals surface area (Å²) in [6.07, 6.45) is 1.40. The molecule has 0 aromatic heterocycles. The van der Waals surface area contributed by atoms with E-state index in [4.69, 9.17) is 0 Å². The summed E-state index contributed by atoms with van der Waals surface area (Å²) >= 11 is 0. The first-order chi connectivity index (χ1) is 11.6. The number of hydrogen-bond acceptors (Lipinski definition) is 4. The lowest BCUT2D eigenvalue weighted by Crippen LogP contribution is -2.53. The molecular weight excluding hydrogens is 302 g/mol. The van der Waals surface area contributed by atoms with Crippen LogP contribution >= 0.6 is 0 Å². The minimum absolute atomic E-state index is 0.0358. The molecule has 1 aromatic carbocycles. The van der Waals surface area contributed by atoms with Crippen molar-refractivity contribution in [2.24, 2.45) is 5.92 Å². The van der Waals surface area contributed by atoms with Crippen LogP contribution in [-0.2, 0) is 10.2 Å². The fourth-order valence-electron chi connectivity index (χ4n) is 3.91. The van der Waals surface area contributed by atoms with E-state index < -0.39 is 11.5 Å². The molecule has 1 amide bonds. The zero-order valence-electron chi connectivity index (χ0n) is 14.2. The SMILES string of the molecule is CN1CC[C@H](O)[C@H](C(=O)N2CCC(C#N)(c3ccccc3)CC2)C1. The van der Waals surface area contributed by atoms with Crippen molar-refractivity contribution in [3.05, 3.63) is 35.9 Å². The third-order valence-corrected chi connectivity index (χ3v) is 5.57. The number of rotatable bonds is 2. The average Bonchev–Trinajstić information content (AvgIpc) is 2.64. The van der Waals surface area contributed by atoms with Gasteiger partial charge in [0.15, 0.2) is 0 Å². The fourth-order valence-corrected chi connectivity index (χ4v) is 3.91. The number of aliphatic hydroxyl groups is 1. The molecule has 2 heterocycles. The standard InChI is InChI=1S/C19H25N3O2/c1-21-10-7-17(23)16(13-21)18(24)22-11-8-19(14-20,9-12-22)15-5-3-2-4-6-15/h2-6,16-17,23H,7-13H2,1H3/t16-,17+/m1/s1. The second-order valence-electron chi connectivity index (χ2n) is 7.11. The molecule has 0 saturated carbocycles. The lowest BCUT2D eigenvalue weighted by atomic mass is 9.74. The van der Waals surface area contributed by atoms with Crippen LogP contribution in [0.5, 0.6) is 0 Å². The van der Waals surface area contributed by atoms with Gasteiger partial charge in [-0.15, -0.1) is 0 Å². The summed E-state index contributed by atoms with van der Waals surface area (Å²) in [5.74, 6) is -0.302. The maximum Gasteiger partial charge on any atom is 0.229 e. The van der Waals surface area contributed by atoms with Gasteiger partial charge in [-0.1, -0.05) is 30.3 Å². The van der Waals surface area contributed by atoms with Crippen molar-refractivity contribution in [1.29, 1.82) is 5.26 Å². The van der Waals surface area contributed by atoms with Crippen LogP contribution in [0.15, 0.2) is 30.3 Å². The normalized spacial score (nSPS) is 27.5. The molecule has 0 bridgehead atoms. The molecule has 5 nitrogen and oxygen atoms in total. The number of hydrogen-bond donors (Lipinski definition) is 1. The Kier molecular flexibility index (Phi) is 4.88. The van der Waals surface area contributed by atoms with Gasteiger partial charge in [0.2, 0.25) is 5.91 Å². The topological polar surface area (TPSA) is 67.6 Å². The lowest BCUT2D eigenvalue weighted by Gasteiger charge is -2.41. The predicted molar refractivity (Wildman–Crippen MR) is 91.2 cm³/mol. The number of amides is 1. The van der Waals surface area contributed by atoms with E-state index in [1.54, 1.807) is 0 Å². The van der Waals surface area contributed by atoms with Gasteiger partial charge in [-0.3, -0.25) is 4.79 Å². The Hall–Kier alpha value is -1.90. The van der Waals surface area contributed by atoms with Crippen molar-refractivity contribution < 1.29 is 9.90 Å². The molecule has 2 fully saturated rings. The summed E-state index contributed by atoms with van der Waals surface area (Å²) < 4.78 is 0. The minimum atomic E-state index is -0.550. The Bertz CT molecular complexity index is 617. The molecule has 2 atom stereocenters. The molecule has 0 spiro atoms. The van der Waals surface area contributed by atoms with Gasteiger partial charge in [0.25, 0.3) is 0 Å². The number of likely N-dealkylation sites (tertiary alicyclic amines) is 2. The molecule has 1 aromatic rings. The highest BCUT2D eigenvalue weighted by Gasteiger charge is 2.41. The van der Waals surface area contributed by atoms with Crippen LogP contribution in [0, 0.1) is 17.2 Å². The maximum absolute atomic E-state index is 12.8. The highest BCUT2D eigenvalue weighted by atomic mass is 16.3. The van der Waals surface area contributed by atoms with Gasteiger partial charge in [0, 0.05) is 26.2 Å². The molecule has 2 saturated heterocycles. The summed E-state index contributed by atoms with van der Waals surface area (Å²) in [7, 11) is 1.98. The van der Waals surface area contributed by atoms with Gasteiger partial charge in [0.05, 0.1) is 23.5 Å². The van der Waals surface area contributed by atoms with E-state index in [2.05, 4.69) is 11.0 Å². The van der Waals surface area contributed by atoms with Crippen molar-refractivity contribution >= 4 is 5.91 Å². The molecule has 1 N–H and O–H groups in total. The van der Waals surface area contributed by atoms with E-state index in [0.29, 0.717) is 38.9 Å².